The van der Waals surface area contributed by atoms with E-state index in [4.69, 9.17) is 0 Å². The molecule has 0 radical (unpaired) electrons. The van der Waals surface area contributed by atoms with E-state index in [1.54, 1.807) is 16.7 Å². The minimum absolute atomic E-state index is 0.341. The van der Waals surface area contributed by atoms with Gasteiger partial charge < -0.3 is 0 Å². The second kappa shape index (κ2) is 10.6. The van der Waals surface area contributed by atoms with Crippen LogP contribution in [0.2, 0.25) is 0 Å². The van der Waals surface area contributed by atoms with Crippen molar-refractivity contribution < 1.29 is 0 Å². The molecule has 0 heterocycles. The second-order valence-electron chi connectivity index (χ2n) is 10.9. The molecule has 3 aromatic carbocycles. The van der Waals surface area contributed by atoms with Crippen molar-refractivity contribution in [2.75, 3.05) is 6.16 Å². The fourth-order valence-corrected chi connectivity index (χ4v) is 8.91. The lowest BCUT2D eigenvalue weighted by Crippen LogP contribution is -2.28. The van der Waals surface area contributed by atoms with Crippen LogP contribution in [0.25, 0.3) is 5.57 Å². The first kappa shape index (κ1) is 23.6. The smallest absolute Gasteiger partial charge is 0.00337 e. The number of rotatable bonds is 7. The Kier molecular flexibility index (Phi) is 7.36. The Bertz CT molecular complexity index is 1060. The van der Waals surface area contributed by atoms with Gasteiger partial charge in [-0.05, 0) is 84.3 Å². The molecule has 2 aliphatic rings. The lowest BCUT2D eigenvalue weighted by atomic mass is 9.66. The highest BCUT2D eigenvalue weighted by Gasteiger charge is 2.37. The van der Waals surface area contributed by atoms with Crippen molar-refractivity contribution in [3.63, 3.8) is 0 Å². The molecular weight excluding hydrogens is 427 g/mol. The quantitative estimate of drug-likeness (QED) is 0.307. The summed E-state index contributed by atoms with van der Waals surface area (Å²) in [4.78, 5) is 0. The van der Waals surface area contributed by atoms with Gasteiger partial charge in [-0.1, -0.05) is 118 Å². The molecule has 2 aliphatic carbocycles. The van der Waals surface area contributed by atoms with Gasteiger partial charge in [-0.2, -0.15) is 0 Å². The maximum absolute atomic E-state index is 2.70. The van der Waals surface area contributed by atoms with E-state index in [9.17, 15) is 0 Å². The SMILES string of the molecule is CC(C)[C@H]1CC[C@@H](C)C[C@H]1C1=CC(CCP(c2ccccc2)c2ccccc2)c2ccccc21. The normalized spacial score (nSPS) is 24.3. The Hall–Kier alpha value is -2.17. The molecule has 0 spiro atoms. The van der Waals surface area contributed by atoms with Crippen LogP contribution in [0.5, 0.6) is 0 Å². The summed E-state index contributed by atoms with van der Waals surface area (Å²) in [5, 5.41) is 3.00. The van der Waals surface area contributed by atoms with Gasteiger partial charge in [-0.3, -0.25) is 0 Å². The van der Waals surface area contributed by atoms with E-state index in [-0.39, 0.29) is 7.92 Å². The Morgan fingerprint density at radius 1 is 0.794 bits per heavy atom. The average Bonchev–Trinajstić information content (AvgIpc) is 3.24. The van der Waals surface area contributed by atoms with Crippen molar-refractivity contribution in [3.05, 3.63) is 102 Å². The molecule has 1 heteroatoms. The highest BCUT2D eigenvalue weighted by Crippen LogP contribution is 2.51. The molecule has 0 saturated heterocycles. The first-order valence-corrected chi connectivity index (χ1v) is 14.8. The number of fused-ring (bicyclic) bond motifs is 1. The third-order valence-electron chi connectivity index (χ3n) is 8.27. The van der Waals surface area contributed by atoms with Crippen molar-refractivity contribution >= 4 is 24.1 Å². The van der Waals surface area contributed by atoms with Gasteiger partial charge in [0.1, 0.15) is 0 Å². The topological polar surface area (TPSA) is 0 Å². The van der Waals surface area contributed by atoms with E-state index in [0.717, 1.165) is 23.7 Å². The van der Waals surface area contributed by atoms with Crippen molar-refractivity contribution in [1.82, 2.24) is 0 Å². The third kappa shape index (κ3) is 4.94. The van der Waals surface area contributed by atoms with Crippen LogP contribution in [0, 0.1) is 23.7 Å². The average molecular weight is 467 g/mol. The first-order valence-electron chi connectivity index (χ1n) is 13.3. The minimum Gasteiger partial charge on any atom is -0.0729 e. The van der Waals surface area contributed by atoms with Gasteiger partial charge in [-0.25, -0.2) is 0 Å². The molecule has 4 atom stereocenters. The molecule has 0 N–H and O–H groups in total. The summed E-state index contributed by atoms with van der Waals surface area (Å²) in [7, 11) is -0.341. The predicted molar refractivity (Wildman–Crippen MR) is 151 cm³/mol. The standard InChI is InChI=1S/C33H39P/c1-24(2)29-19-18-25(3)22-32(29)33-23-26(30-16-10-11-17-31(30)33)20-21-34(27-12-6-4-7-13-27)28-14-8-5-9-15-28/h4-17,23-26,29,32H,18-22H2,1-3H3/t25-,26?,29-,32-/m1/s1. The largest absolute Gasteiger partial charge is 0.0729 e. The van der Waals surface area contributed by atoms with E-state index >= 15 is 0 Å². The summed E-state index contributed by atoms with van der Waals surface area (Å²) in [6.07, 6.45) is 9.31. The molecule has 0 aliphatic heterocycles. The Balaban J connectivity index is 1.43. The molecule has 3 aromatic rings. The third-order valence-corrected chi connectivity index (χ3v) is 10.8. The van der Waals surface area contributed by atoms with Crippen LogP contribution in [0.15, 0.2) is 91.0 Å². The van der Waals surface area contributed by atoms with Gasteiger partial charge in [-0.15, -0.1) is 0 Å². The zero-order valence-electron chi connectivity index (χ0n) is 21.0. The molecule has 1 unspecified atom stereocenters. The molecule has 0 aromatic heterocycles. The summed E-state index contributed by atoms with van der Waals surface area (Å²) in [5.74, 6) is 3.69. The lowest BCUT2D eigenvalue weighted by molar-refractivity contribution is 0.185. The number of benzene rings is 3. The summed E-state index contributed by atoms with van der Waals surface area (Å²) in [6, 6.07) is 31.7. The molecule has 0 amide bonds. The second-order valence-corrected chi connectivity index (χ2v) is 13.2. The van der Waals surface area contributed by atoms with Crippen LogP contribution in [-0.2, 0) is 0 Å². The van der Waals surface area contributed by atoms with E-state index < -0.39 is 0 Å². The Labute approximate surface area is 208 Å². The van der Waals surface area contributed by atoms with Crippen LogP contribution in [-0.4, -0.2) is 6.16 Å². The van der Waals surface area contributed by atoms with E-state index in [0.29, 0.717) is 5.92 Å². The lowest BCUT2D eigenvalue weighted by Gasteiger charge is -2.38. The fraction of sp³-hybridized carbons (Fsp3) is 0.394. The van der Waals surface area contributed by atoms with Gasteiger partial charge in [0.2, 0.25) is 0 Å². The van der Waals surface area contributed by atoms with Crippen molar-refractivity contribution in [2.45, 2.75) is 52.4 Å². The Morgan fingerprint density at radius 2 is 1.41 bits per heavy atom. The zero-order chi connectivity index (χ0) is 23.5. The number of hydrogen-bond donors (Lipinski definition) is 0. The van der Waals surface area contributed by atoms with Crippen LogP contribution in [0.1, 0.15) is 63.5 Å². The maximum atomic E-state index is 2.70. The fourth-order valence-electron chi connectivity index (χ4n) is 6.49. The summed E-state index contributed by atoms with van der Waals surface area (Å²) in [6.45, 7) is 7.36. The molecule has 5 rings (SSSR count). The van der Waals surface area contributed by atoms with Crippen LogP contribution >= 0.6 is 7.92 Å². The van der Waals surface area contributed by atoms with Crippen LogP contribution in [0.4, 0.5) is 0 Å². The molecular formula is C33H39P. The molecule has 1 saturated carbocycles. The van der Waals surface area contributed by atoms with Crippen LogP contribution < -0.4 is 10.6 Å². The van der Waals surface area contributed by atoms with E-state index in [1.165, 1.54) is 42.5 Å². The molecule has 0 nitrogen and oxygen atoms in total. The van der Waals surface area contributed by atoms with Gasteiger partial charge in [0.15, 0.2) is 0 Å². The van der Waals surface area contributed by atoms with Crippen molar-refractivity contribution in [1.29, 1.82) is 0 Å². The minimum atomic E-state index is -0.341. The molecule has 34 heavy (non-hydrogen) atoms. The summed E-state index contributed by atoms with van der Waals surface area (Å²) in [5.41, 5.74) is 4.81. The van der Waals surface area contributed by atoms with Gasteiger partial charge in [0.05, 0.1) is 0 Å². The van der Waals surface area contributed by atoms with Gasteiger partial charge in [0.25, 0.3) is 0 Å². The molecule has 0 bridgehead atoms. The summed E-state index contributed by atoms with van der Waals surface area (Å²) >= 11 is 0. The van der Waals surface area contributed by atoms with E-state index in [2.05, 4.69) is 112 Å². The zero-order valence-corrected chi connectivity index (χ0v) is 21.9. The van der Waals surface area contributed by atoms with Crippen molar-refractivity contribution in [2.24, 2.45) is 23.7 Å². The van der Waals surface area contributed by atoms with Gasteiger partial charge in [0, 0.05) is 5.92 Å². The highest BCUT2D eigenvalue weighted by atomic mass is 31.1. The van der Waals surface area contributed by atoms with Gasteiger partial charge >= 0.3 is 0 Å². The first-order chi connectivity index (χ1) is 16.6. The Morgan fingerprint density at radius 3 is 2.06 bits per heavy atom. The maximum Gasteiger partial charge on any atom is 0.00337 e. The highest BCUT2D eigenvalue weighted by molar-refractivity contribution is 7.73. The molecule has 176 valence electrons. The predicted octanol–water partition coefficient (Wildman–Crippen LogP) is 8.40. The monoisotopic (exact) mass is 466 g/mol. The summed E-state index contributed by atoms with van der Waals surface area (Å²) < 4.78 is 0. The van der Waals surface area contributed by atoms with E-state index in [1.807, 2.05) is 0 Å². The van der Waals surface area contributed by atoms with Crippen LogP contribution in [0.3, 0.4) is 0 Å². The van der Waals surface area contributed by atoms with Crippen molar-refractivity contribution in [3.8, 4) is 0 Å². The molecule has 1 fully saturated rings. The number of allylic oxidation sites excluding steroid dienone is 2. The number of hydrogen-bond acceptors (Lipinski definition) is 0.